The van der Waals surface area contributed by atoms with Crippen LogP contribution < -0.4 is 10.1 Å². The molecule has 0 fully saturated rings. The largest absolute Gasteiger partial charge is 0.496 e. The lowest BCUT2D eigenvalue weighted by Crippen LogP contribution is -2.21. The fraction of sp³-hybridized carbons (Fsp3) is 0.600. The molecule has 0 bridgehead atoms. The van der Waals surface area contributed by atoms with Crippen LogP contribution in [0.1, 0.15) is 18.4 Å². The molecule has 1 aromatic rings. The Morgan fingerprint density at radius 3 is 2.60 bits per heavy atom. The number of benzene rings is 1. The van der Waals surface area contributed by atoms with Gasteiger partial charge in [-0.1, -0.05) is 18.2 Å². The number of rotatable bonds is 9. The molecule has 0 radical (unpaired) electrons. The number of nitrogens with one attached hydrogen (secondary N) is 1. The van der Waals surface area contributed by atoms with Crippen LogP contribution in [0.25, 0.3) is 0 Å². The minimum absolute atomic E-state index is 0.263. The Balaban J connectivity index is 2.62. The van der Waals surface area contributed by atoms with Crippen molar-refractivity contribution in [1.29, 1.82) is 0 Å². The summed E-state index contributed by atoms with van der Waals surface area (Å²) in [4.78, 5) is 0. The van der Waals surface area contributed by atoms with Crippen molar-refractivity contribution < 1.29 is 13.2 Å². The number of para-hydroxylation sites is 1. The summed E-state index contributed by atoms with van der Waals surface area (Å²) < 4.78 is 27.8. The first-order chi connectivity index (χ1) is 9.46. The van der Waals surface area contributed by atoms with Gasteiger partial charge in [-0.25, -0.2) is 8.42 Å². The Bertz CT molecular complexity index is 500. The third-order valence-corrected chi connectivity index (χ3v) is 4.35. The highest BCUT2D eigenvalue weighted by Crippen LogP contribution is 2.22. The summed E-state index contributed by atoms with van der Waals surface area (Å²) in [5, 5.41) is 3.18. The van der Waals surface area contributed by atoms with Crippen molar-refractivity contribution >= 4 is 9.84 Å². The minimum atomic E-state index is -2.87. The minimum Gasteiger partial charge on any atom is -0.496 e. The second-order valence-electron chi connectivity index (χ2n) is 5.21. The van der Waals surface area contributed by atoms with E-state index in [1.54, 1.807) is 7.11 Å². The second-order valence-corrected chi connectivity index (χ2v) is 7.47. The van der Waals surface area contributed by atoms with E-state index < -0.39 is 9.84 Å². The molecule has 0 amide bonds. The van der Waals surface area contributed by atoms with Gasteiger partial charge in [-0.05, 0) is 50.4 Å². The summed E-state index contributed by atoms with van der Waals surface area (Å²) in [6.45, 7) is 0.877. The molecule has 0 heterocycles. The van der Waals surface area contributed by atoms with Gasteiger partial charge in [0.2, 0.25) is 0 Å². The fourth-order valence-corrected chi connectivity index (χ4v) is 3.07. The average Bonchev–Trinajstić information content (AvgIpc) is 2.38. The van der Waals surface area contributed by atoms with E-state index in [2.05, 4.69) is 11.4 Å². The monoisotopic (exact) mass is 299 g/mol. The predicted octanol–water partition coefficient (Wildman–Crippen LogP) is 1.90. The zero-order valence-electron chi connectivity index (χ0n) is 12.6. The molecule has 0 aliphatic carbocycles. The molecule has 114 valence electrons. The highest BCUT2D eigenvalue weighted by atomic mass is 32.2. The van der Waals surface area contributed by atoms with Crippen molar-refractivity contribution in [3.05, 3.63) is 29.8 Å². The highest BCUT2D eigenvalue weighted by molar-refractivity contribution is 7.90. The number of methoxy groups -OCH3 is 1. The van der Waals surface area contributed by atoms with Crippen LogP contribution in [0.15, 0.2) is 24.3 Å². The van der Waals surface area contributed by atoms with Crippen LogP contribution in [0.3, 0.4) is 0 Å². The highest BCUT2D eigenvalue weighted by Gasteiger charge is 2.13. The zero-order chi connectivity index (χ0) is 15.0. The molecule has 0 spiro atoms. The van der Waals surface area contributed by atoms with Crippen LogP contribution in [0.2, 0.25) is 0 Å². The van der Waals surface area contributed by atoms with Crippen LogP contribution in [-0.4, -0.2) is 41.1 Å². The Kier molecular flexibility index (Phi) is 7.02. The third kappa shape index (κ3) is 6.39. The molecule has 0 saturated carbocycles. The number of sulfone groups is 1. The summed E-state index contributed by atoms with van der Waals surface area (Å²) in [5.74, 6) is 1.58. The van der Waals surface area contributed by atoms with Crippen molar-refractivity contribution in [3.8, 4) is 5.75 Å². The second kappa shape index (κ2) is 8.27. The van der Waals surface area contributed by atoms with Gasteiger partial charge in [-0.3, -0.25) is 0 Å². The van der Waals surface area contributed by atoms with E-state index in [4.69, 9.17) is 4.74 Å². The van der Waals surface area contributed by atoms with Gasteiger partial charge in [0.1, 0.15) is 15.6 Å². The molecule has 1 rings (SSSR count). The maximum atomic E-state index is 11.2. The van der Waals surface area contributed by atoms with Crippen molar-refractivity contribution in [1.82, 2.24) is 5.32 Å². The van der Waals surface area contributed by atoms with Crippen LogP contribution in [0.5, 0.6) is 5.75 Å². The molecule has 1 aromatic carbocycles. The Hall–Kier alpha value is -1.07. The Morgan fingerprint density at radius 1 is 1.30 bits per heavy atom. The van der Waals surface area contributed by atoms with Crippen molar-refractivity contribution in [3.63, 3.8) is 0 Å². The zero-order valence-corrected chi connectivity index (χ0v) is 13.4. The predicted molar refractivity (Wildman–Crippen MR) is 83.1 cm³/mol. The molecule has 1 unspecified atom stereocenters. The van der Waals surface area contributed by atoms with Crippen molar-refractivity contribution in [2.75, 3.05) is 32.7 Å². The summed E-state index contributed by atoms with van der Waals surface area (Å²) in [7, 11) is 0.733. The summed E-state index contributed by atoms with van der Waals surface area (Å²) in [6.07, 6.45) is 3.79. The Labute approximate surface area is 122 Å². The van der Waals surface area contributed by atoms with E-state index in [-0.39, 0.29) is 5.75 Å². The quantitative estimate of drug-likeness (QED) is 0.756. The first-order valence-electron chi connectivity index (χ1n) is 6.90. The smallest absolute Gasteiger partial charge is 0.147 e. The topological polar surface area (TPSA) is 55.4 Å². The van der Waals surface area contributed by atoms with E-state index >= 15 is 0 Å². The van der Waals surface area contributed by atoms with Gasteiger partial charge in [0.25, 0.3) is 0 Å². The summed E-state index contributed by atoms with van der Waals surface area (Å²) in [6, 6.07) is 7.99. The van der Waals surface area contributed by atoms with E-state index in [9.17, 15) is 8.42 Å². The molecular formula is C15H25NO3S. The molecule has 0 aromatic heterocycles. The lowest BCUT2D eigenvalue weighted by atomic mass is 9.94. The van der Waals surface area contributed by atoms with Gasteiger partial charge in [-0.2, -0.15) is 0 Å². The lowest BCUT2D eigenvalue weighted by molar-refractivity contribution is 0.397. The first-order valence-corrected chi connectivity index (χ1v) is 8.96. The van der Waals surface area contributed by atoms with Gasteiger partial charge in [-0.15, -0.1) is 0 Å². The van der Waals surface area contributed by atoms with Gasteiger partial charge in [0.05, 0.1) is 7.11 Å². The molecule has 0 aliphatic rings. The number of ether oxygens (including phenoxy) is 1. The van der Waals surface area contributed by atoms with E-state index in [1.807, 2.05) is 25.2 Å². The van der Waals surface area contributed by atoms with Crippen LogP contribution in [-0.2, 0) is 16.3 Å². The fourth-order valence-electron chi connectivity index (χ4n) is 2.38. The maximum absolute atomic E-state index is 11.2. The van der Waals surface area contributed by atoms with Crippen LogP contribution in [0.4, 0.5) is 0 Å². The molecular weight excluding hydrogens is 274 g/mol. The van der Waals surface area contributed by atoms with E-state index in [1.165, 1.54) is 11.8 Å². The molecule has 1 atom stereocenters. The van der Waals surface area contributed by atoms with Gasteiger partial charge in [0, 0.05) is 12.0 Å². The maximum Gasteiger partial charge on any atom is 0.147 e. The average molecular weight is 299 g/mol. The normalized spacial score (nSPS) is 13.2. The van der Waals surface area contributed by atoms with E-state index in [0.29, 0.717) is 12.3 Å². The van der Waals surface area contributed by atoms with Gasteiger partial charge in [0.15, 0.2) is 0 Å². The summed E-state index contributed by atoms with van der Waals surface area (Å²) in [5.41, 5.74) is 1.18. The van der Waals surface area contributed by atoms with Gasteiger partial charge < -0.3 is 10.1 Å². The SMILES string of the molecule is CNCC(CCCS(C)(=O)=O)Cc1ccccc1OC. The number of hydrogen-bond acceptors (Lipinski definition) is 4. The van der Waals surface area contributed by atoms with Crippen molar-refractivity contribution in [2.45, 2.75) is 19.3 Å². The molecule has 4 nitrogen and oxygen atoms in total. The van der Waals surface area contributed by atoms with Crippen LogP contribution >= 0.6 is 0 Å². The first kappa shape index (κ1) is 17.0. The summed E-state index contributed by atoms with van der Waals surface area (Å²) >= 11 is 0. The molecule has 5 heteroatoms. The third-order valence-electron chi connectivity index (χ3n) is 3.32. The number of hydrogen-bond donors (Lipinski definition) is 1. The van der Waals surface area contributed by atoms with E-state index in [0.717, 1.165) is 25.1 Å². The molecule has 20 heavy (non-hydrogen) atoms. The Morgan fingerprint density at radius 2 is 2.00 bits per heavy atom. The van der Waals surface area contributed by atoms with Crippen molar-refractivity contribution in [2.24, 2.45) is 5.92 Å². The van der Waals surface area contributed by atoms with Crippen LogP contribution in [0, 0.1) is 5.92 Å². The lowest BCUT2D eigenvalue weighted by Gasteiger charge is -2.18. The van der Waals surface area contributed by atoms with Gasteiger partial charge >= 0.3 is 0 Å². The molecule has 1 N–H and O–H groups in total. The standard InChI is InChI=1S/C15H25NO3S/c1-16-12-13(7-6-10-20(3,17)18)11-14-8-4-5-9-15(14)19-2/h4-5,8-9,13,16H,6-7,10-12H2,1-3H3. The molecule has 0 aliphatic heterocycles. The molecule has 0 saturated heterocycles.